The second kappa shape index (κ2) is 4.89. The van der Waals surface area contributed by atoms with Gasteiger partial charge in [-0.3, -0.25) is 4.79 Å². The van der Waals surface area contributed by atoms with Gasteiger partial charge in [0.2, 0.25) is 5.91 Å². The molecule has 2 aromatic rings. The second-order valence-electron chi connectivity index (χ2n) is 3.40. The molecule has 16 heavy (non-hydrogen) atoms. The van der Waals surface area contributed by atoms with Crippen molar-refractivity contribution in [1.29, 1.82) is 0 Å². The van der Waals surface area contributed by atoms with E-state index in [2.05, 4.69) is 15.4 Å². The number of rotatable bonds is 4. The van der Waals surface area contributed by atoms with Crippen LogP contribution in [0.2, 0.25) is 0 Å². The van der Waals surface area contributed by atoms with Crippen molar-refractivity contribution in [3.63, 3.8) is 0 Å². The number of aromatic nitrogens is 3. The summed E-state index contributed by atoms with van der Waals surface area (Å²) in [5.41, 5.74) is 0. The van der Waals surface area contributed by atoms with Crippen molar-refractivity contribution in [1.82, 2.24) is 20.1 Å². The predicted octanol–water partition coefficient (Wildman–Crippen LogP) is 1.22. The molecule has 5 nitrogen and oxygen atoms in total. The quantitative estimate of drug-likeness (QED) is 0.868. The molecule has 2 heterocycles. The Morgan fingerprint density at radius 1 is 1.69 bits per heavy atom. The molecule has 0 saturated carbocycles. The van der Waals surface area contributed by atoms with Crippen molar-refractivity contribution in [3.05, 3.63) is 35.0 Å². The lowest BCUT2D eigenvalue weighted by Crippen LogP contribution is -2.29. The SMILES string of the molecule is CC(NC(=O)Cn1cncn1)c1cccs1. The lowest BCUT2D eigenvalue weighted by molar-refractivity contribution is -0.122. The molecule has 0 fully saturated rings. The molecule has 1 amide bonds. The topological polar surface area (TPSA) is 59.8 Å². The Balaban J connectivity index is 1.88. The van der Waals surface area contributed by atoms with Gasteiger partial charge in [-0.2, -0.15) is 5.10 Å². The molecule has 1 N–H and O–H groups in total. The van der Waals surface area contributed by atoms with Gasteiger partial charge in [0.05, 0.1) is 6.04 Å². The third-order valence-corrected chi connectivity index (χ3v) is 3.17. The number of hydrogen-bond acceptors (Lipinski definition) is 4. The zero-order chi connectivity index (χ0) is 11.4. The maximum absolute atomic E-state index is 11.6. The van der Waals surface area contributed by atoms with Crippen molar-refractivity contribution < 1.29 is 4.79 Å². The van der Waals surface area contributed by atoms with Crippen molar-refractivity contribution in [3.8, 4) is 0 Å². The molecular weight excluding hydrogens is 224 g/mol. The number of amides is 1. The van der Waals surface area contributed by atoms with Crippen LogP contribution in [-0.2, 0) is 11.3 Å². The summed E-state index contributed by atoms with van der Waals surface area (Å²) in [6, 6.07) is 4.02. The fourth-order valence-electron chi connectivity index (χ4n) is 1.36. The van der Waals surface area contributed by atoms with Gasteiger partial charge in [0, 0.05) is 4.88 Å². The minimum atomic E-state index is -0.0635. The predicted molar refractivity (Wildman–Crippen MR) is 60.9 cm³/mol. The molecular formula is C10H12N4OS. The maximum Gasteiger partial charge on any atom is 0.242 e. The first-order valence-electron chi connectivity index (χ1n) is 4.91. The Labute approximate surface area is 97.1 Å². The van der Waals surface area contributed by atoms with Crippen molar-refractivity contribution in [2.75, 3.05) is 0 Å². The number of thiophene rings is 1. The van der Waals surface area contributed by atoms with Gasteiger partial charge in [0.1, 0.15) is 19.2 Å². The van der Waals surface area contributed by atoms with Gasteiger partial charge < -0.3 is 5.32 Å². The Kier molecular flexibility index (Phi) is 3.31. The highest BCUT2D eigenvalue weighted by Gasteiger charge is 2.10. The molecule has 0 saturated heterocycles. The third-order valence-electron chi connectivity index (χ3n) is 2.12. The van der Waals surface area contributed by atoms with Crippen LogP contribution in [0.3, 0.4) is 0 Å². The first-order chi connectivity index (χ1) is 7.75. The van der Waals surface area contributed by atoms with Crippen LogP contribution in [0.25, 0.3) is 0 Å². The Morgan fingerprint density at radius 2 is 2.56 bits per heavy atom. The summed E-state index contributed by atoms with van der Waals surface area (Å²) in [7, 11) is 0. The summed E-state index contributed by atoms with van der Waals surface area (Å²) in [6.45, 7) is 2.17. The smallest absolute Gasteiger partial charge is 0.242 e. The number of hydrogen-bond donors (Lipinski definition) is 1. The molecule has 0 aliphatic heterocycles. The van der Waals surface area contributed by atoms with E-state index < -0.39 is 0 Å². The van der Waals surface area contributed by atoms with E-state index in [1.54, 1.807) is 11.3 Å². The molecule has 84 valence electrons. The fraction of sp³-hybridized carbons (Fsp3) is 0.300. The van der Waals surface area contributed by atoms with E-state index in [4.69, 9.17) is 0 Å². The molecule has 0 bridgehead atoms. The molecule has 0 radical (unpaired) electrons. The Hall–Kier alpha value is -1.69. The van der Waals surface area contributed by atoms with E-state index in [1.807, 2.05) is 24.4 Å². The van der Waals surface area contributed by atoms with Crippen LogP contribution < -0.4 is 5.32 Å². The normalized spacial score (nSPS) is 12.3. The van der Waals surface area contributed by atoms with Gasteiger partial charge in [-0.05, 0) is 18.4 Å². The summed E-state index contributed by atoms with van der Waals surface area (Å²) in [5, 5.41) is 8.77. The molecule has 1 unspecified atom stereocenters. The lowest BCUT2D eigenvalue weighted by Gasteiger charge is -2.11. The Bertz CT molecular complexity index is 437. The summed E-state index contributed by atoms with van der Waals surface area (Å²) < 4.78 is 1.50. The van der Waals surface area contributed by atoms with E-state index in [0.717, 1.165) is 4.88 Å². The molecule has 2 aromatic heterocycles. The highest BCUT2D eigenvalue weighted by Crippen LogP contribution is 2.17. The van der Waals surface area contributed by atoms with Crippen molar-refractivity contribution in [2.24, 2.45) is 0 Å². The van der Waals surface area contributed by atoms with Crippen LogP contribution in [-0.4, -0.2) is 20.7 Å². The molecule has 2 rings (SSSR count). The summed E-state index contributed by atoms with van der Waals surface area (Å²) in [6.07, 6.45) is 2.94. The average Bonchev–Trinajstić information content (AvgIpc) is 2.88. The molecule has 6 heteroatoms. The second-order valence-corrected chi connectivity index (χ2v) is 4.38. The summed E-state index contributed by atoms with van der Waals surface area (Å²) >= 11 is 1.63. The molecule has 0 aliphatic carbocycles. The van der Waals surface area contributed by atoms with E-state index in [1.165, 1.54) is 17.3 Å². The largest absolute Gasteiger partial charge is 0.347 e. The number of carbonyl (C=O) groups excluding carboxylic acids is 1. The number of nitrogens with zero attached hydrogens (tertiary/aromatic N) is 3. The minimum absolute atomic E-state index is 0.0380. The highest BCUT2D eigenvalue weighted by atomic mass is 32.1. The summed E-state index contributed by atoms with van der Waals surface area (Å²) in [5.74, 6) is -0.0635. The Morgan fingerprint density at radius 3 is 3.19 bits per heavy atom. The maximum atomic E-state index is 11.6. The first-order valence-corrected chi connectivity index (χ1v) is 5.79. The van der Waals surface area contributed by atoms with Gasteiger partial charge in [-0.15, -0.1) is 11.3 Å². The fourth-order valence-corrected chi connectivity index (χ4v) is 2.09. The van der Waals surface area contributed by atoms with Gasteiger partial charge >= 0.3 is 0 Å². The van der Waals surface area contributed by atoms with E-state index >= 15 is 0 Å². The van der Waals surface area contributed by atoms with Gasteiger partial charge in [0.15, 0.2) is 0 Å². The van der Waals surface area contributed by atoms with E-state index in [-0.39, 0.29) is 18.5 Å². The molecule has 0 spiro atoms. The number of nitrogens with one attached hydrogen (secondary N) is 1. The molecule has 1 atom stereocenters. The van der Waals surface area contributed by atoms with Crippen LogP contribution >= 0.6 is 11.3 Å². The van der Waals surface area contributed by atoms with E-state index in [9.17, 15) is 4.79 Å². The first kappa shape index (κ1) is 10.8. The van der Waals surface area contributed by atoms with Crippen LogP contribution in [0.1, 0.15) is 17.8 Å². The lowest BCUT2D eigenvalue weighted by atomic mass is 10.3. The average molecular weight is 236 g/mol. The zero-order valence-electron chi connectivity index (χ0n) is 8.83. The van der Waals surface area contributed by atoms with Crippen LogP contribution in [0.15, 0.2) is 30.2 Å². The monoisotopic (exact) mass is 236 g/mol. The van der Waals surface area contributed by atoms with Gasteiger partial charge in [0.25, 0.3) is 0 Å². The van der Waals surface area contributed by atoms with Gasteiger partial charge in [-0.1, -0.05) is 6.07 Å². The highest BCUT2D eigenvalue weighted by molar-refractivity contribution is 7.10. The summed E-state index contributed by atoms with van der Waals surface area (Å²) in [4.78, 5) is 16.5. The minimum Gasteiger partial charge on any atom is -0.347 e. The van der Waals surface area contributed by atoms with Crippen LogP contribution in [0.5, 0.6) is 0 Å². The standard InChI is InChI=1S/C10H12N4OS/c1-8(9-3-2-4-16-9)13-10(15)5-14-7-11-6-12-14/h2-4,6-8H,5H2,1H3,(H,13,15). The van der Waals surface area contributed by atoms with Crippen molar-refractivity contribution in [2.45, 2.75) is 19.5 Å². The number of carbonyl (C=O) groups is 1. The molecule has 0 aromatic carbocycles. The van der Waals surface area contributed by atoms with Crippen LogP contribution in [0.4, 0.5) is 0 Å². The zero-order valence-corrected chi connectivity index (χ0v) is 9.65. The van der Waals surface area contributed by atoms with Crippen molar-refractivity contribution >= 4 is 17.2 Å². The molecule has 0 aliphatic rings. The third kappa shape index (κ3) is 2.66. The van der Waals surface area contributed by atoms with Gasteiger partial charge in [-0.25, -0.2) is 9.67 Å². The van der Waals surface area contributed by atoms with E-state index in [0.29, 0.717) is 0 Å². The van der Waals surface area contributed by atoms with Crippen LogP contribution in [0, 0.1) is 0 Å².